The van der Waals surface area contributed by atoms with Crippen LogP contribution in [0.25, 0.3) is 0 Å². The van der Waals surface area contributed by atoms with Crippen molar-refractivity contribution in [2.75, 3.05) is 19.5 Å². The molecule has 0 saturated carbocycles. The molecule has 0 bridgehead atoms. The second kappa shape index (κ2) is 5.54. The van der Waals surface area contributed by atoms with Crippen LogP contribution in [0.5, 0.6) is 0 Å². The highest BCUT2D eigenvalue weighted by Gasteiger charge is 2.05. The monoisotopic (exact) mass is 219 g/mol. The maximum Gasteiger partial charge on any atom is 0.170 e. The maximum absolute atomic E-state index is 5.75. The number of nitrogens with two attached hydrogens (primary N) is 1. The number of rotatable bonds is 5. The molecule has 1 heterocycles. The second-order valence-electron chi connectivity index (χ2n) is 2.63. The lowest BCUT2D eigenvalue weighted by molar-refractivity contribution is 0.186. The first-order chi connectivity index (χ1) is 6.22. The van der Waals surface area contributed by atoms with Gasteiger partial charge in [0.05, 0.1) is 6.61 Å². The molecular weight excluding hydrogens is 206 g/mol. The van der Waals surface area contributed by atoms with E-state index in [2.05, 4.69) is 9.36 Å². The van der Waals surface area contributed by atoms with Crippen molar-refractivity contribution in [1.82, 2.24) is 9.36 Å². The van der Waals surface area contributed by atoms with Crippen molar-refractivity contribution >= 4 is 23.3 Å². The zero-order valence-corrected chi connectivity index (χ0v) is 9.32. The fraction of sp³-hybridized carbons (Fsp3) is 0.714. The molecule has 1 atom stereocenters. The summed E-state index contributed by atoms with van der Waals surface area (Å²) in [5.41, 5.74) is 5.75. The third-order valence-corrected chi connectivity index (χ3v) is 3.42. The Hall–Kier alpha value is -0.170. The Morgan fingerprint density at radius 3 is 3.00 bits per heavy atom. The van der Waals surface area contributed by atoms with Gasteiger partial charge in [-0.1, -0.05) is 11.8 Å². The quantitative estimate of drug-likeness (QED) is 0.746. The number of ether oxygens (including phenoxy) is 1. The number of methoxy groups -OCH3 is 1. The first-order valence-electron chi connectivity index (χ1n) is 3.90. The smallest absolute Gasteiger partial charge is 0.170 e. The van der Waals surface area contributed by atoms with Crippen LogP contribution in [0, 0.1) is 6.92 Å². The van der Waals surface area contributed by atoms with Crippen LogP contribution >= 0.6 is 23.3 Å². The van der Waals surface area contributed by atoms with Crippen LogP contribution in [0.2, 0.25) is 0 Å². The van der Waals surface area contributed by atoms with Crippen LogP contribution in [0.1, 0.15) is 5.82 Å². The SMILES string of the molecule is COCC(N)CSc1nc(C)ns1. The van der Waals surface area contributed by atoms with E-state index in [9.17, 15) is 0 Å². The number of hydrogen-bond acceptors (Lipinski definition) is 6. The lowest BCUT2D eigenvalue weighted by atomic mass is 10.4. The van der Waals surface area contributed by atoms with Gasteiger partial charge in [-0.25, -0.2) is 4.98 Å². The molecular formula is C7H13N3OS2. The average molecular weight is 219 g/mol. The Kier molecular flexibility index (Phi) is 4.65. The van der Waals surface area contributed by atoms with Gasteiger partial charge in [0.1, 0.15) is 5.82 Å². The molecule has 0 radical (unpaired) electrons. The molecule has 13 heavy (non-hydrogen) atoms. The summed E-state index contributed by atoms with van der Waals surface area (Å²) >= 11 is 3.04. The highest BCUT2D eigenvalue weighted by atomic mass is 32.2. The van der Waals surface area contributed by atoms with Crippen LogP contribution in [0.3, 0.4) is 0 Å². The van der Waals surface area contributed by atoms with Crippen molar-refractivity contribution in [2.45, 2.75) is 17.3 Å². The summed E-state index contributed by atoms with van der Waals surface area (Å²) in [5, 5.41) is 0. The molecule has 4 nitrogen and oxygen atoms in total. The number of aromatic nitrogens is 2. The second-order valence-corrected chi connectivity index (χ2v) is 4.65. The predicted octanol–water partition coefficient (Wildman–Crippen LogP) is 0.912. The Morgan fingerprint density at radius 1 is 1.69 bits per heavy atom. The third-order valence-electron chi connectivity index (χ3n) is 1.31. The summed E-state index contributed by atoms with van der Waals surface area (Å²) in [4.78, 5) is 4.22. The molecule has 0 saturated heterocycles. The molecule has 0 spiro atoms. The summed E-state index contributed by atoms with van der Waals surface area (Å²) in [6, 6.07) is 0.0687. The minimum atomic E-state index is 0.0687. The minimum absolute atomic E-state index is 0.0687. The van der Waals surface area contributed by atoms with Crippen LogP contribution in [0.15, 0.2) is 4.34 Å². The molecule has 0 fully saturated rings. The molecule has 6 heteroatoms. The van der Waals surface area contributed by atoms with Gasteiger partial charge in [0, 0.05) is 18.9 Å². The van der Waals surface area contributed by atoms with Gasteiger partial charge in [0.15, 0.2) is 4.34 Å². The standard InChI is InChI=1S/C7H13N3OS2/c1-5-9-7(13-10-5)12-4-6(8)3-11-2/h6H,3-4,8H2,1-2H3. The minimum Gasteiger partial charge on any atom is -0.383 e. The van der Waals surface area contributed by atoms with Gasteiger partial charge in [0.2, 0.25) is 0 Å². The van der Waals surface area contributed by atoms with E-state index in [4.69, 9.17) is 10.5 Å². The van der Waals surface area contributed by atoms with E-state index in [1.165, 1.54) is 11.5 Å². The number of aryl methyl sites for hydroxylation is 1. The lowest BCUT2D eigenvalue weighted by Crippen LogP contribution is -2.27. The summed E-state index contributed by atoms with van der Waals surface area (Å²) in [6.07, 6.45) is 0. The molecule has 1 rings (SSSR count). The van der Waals surface area contributed by atoms with E-state index in [0.717, 1.165) is 15.9 Å². The molecule has 1 aromatic rings. The first kappa shape index (κ1) is 10.9. The molecule has 0 amide bonds. The van der Waals surface area contributed by atoms with Gasteiger partial charge >= 0.3 is 0 Å². The molecule has 0 aliphatic rings. The summed E-state index contributed by atoms with van der Waals surface area (Å²) in [6.45, 7) is 2.47. The Morgan fingerprint density at radius 2 is 2.46 bits per heavy atom. The Bertz CT molecular complexity index is 254. The van der Waals surface area contributed by atoms with Crippen molar-refractivity contribution in [2.24, 2.45) is 5.73 Å². The normalized spacial score (nSPS) is 13.2. The van der Waals surface area contributed by atoms with E-state index in [-0.39, 0.29) is 6.04 Å². The fourth-order valence-corrected chi connectivity index (χ4v) is 2.38. The fourth-order valence-electron chi connectivity index (χ4n) is 0.777. The van der Waals surface area contributed by atoms with Gasteiger partial charge in [-0.05, 0) is 18.5 Å². The van der Waals surface area contributed by atoms with E-state index in [0.29, 0.717) is 6.61 Å². The Labute approximate surface area is 86.1 Å². The third kappa shape index (κ3) is 4.04. The average Bonchev–Trinajstić information content (AvgIpc) is 2.49. The van der Waals surface area contributed by atoms with E-state index >= 15 is 0 Å². The summed E-state index contributed by atoms with van der Waals surface area (Å²) in [5.74, 6) is 1.65. The molecule has 2 N–H and O–H groups in total. The lowest BCUT2D eigenvalue weighted by Gasteiger charge is -2.07. The van der Waals surface area contributed by atoms with Crippen molar-refractivity contribution < 1.29 is 4.74 Å². The van der Waals surface area contributed by atoms with E-state index < -0.39 is 0 Å². The number of nitrogens with zero attached hydrogens (tertiary/aromatic N) is 2. The highest BCUT2D eigenvalue weighted by molar-refractivity contribution is 8.00. The van der Waals surface area contributed by atoms with Crippen molar-refractivity contribution in [1.29, 1.82) is 0 Å². The van der Waals surface area contributed by atoms with Gasteiger partial charge in [-0.2, -0.15) is 4.37 Å². The zero-order valence-electron chi connectivity index (χ0n) is 7.69. The van der Waals surface area contributed by atoms with Crippen LogP contribution in [-0.2, 0) is 4.74 Å². The van der Waals surface area contributed by atoms with E-state index in [1.54, 1.807) is 18.9 Å². The van der Waals surface area contributed by atoms with Gasteiger partial charge in [-0.3, -0.25) is 0 Å². The Balaban J connectivity index is 2.26. The molecule has 0 aliphatic heterocycles. The number of thioether (sulfide) groups is 1. The highest BCUT2D eigenvalue weighted by Crippen LogP contribution is 2.19. The van der Waals surface area contributed by atoms with Crippen LogP contribution in [0.4, 0.5) is 0 Å². The molecule has 0 aromatic carbocycles. The van der Waals surface area contributed by atoms with Crippen LogP contribution in [-0.4, -0.2) is 34.9 Å². The van der Waals surface area contributed by atoms with Gasteiger partial charge in [0.25, 0.3) is 0 Å². The van der Waals surface area contributed by atoms with Crippen molar-refractivity contribution in [3.8, 4) is 0 Å². The van der Waals surface area contributed by atoms with Crippen LogP contribution < -0.4 is 5.73 Å². The predicted molar refractivity (Wildman–Crippen MR) is 55.2 cm³/mol. The molecule has 74 valence electrons. The van der Waals surface area contributed by atoms with Gasteiger partial charge < -0.3 is 10.5 Å². The molecule has 1 aromatic heterocycles. The summed E-state index contributed by atoms with van der Waals surface area (Å²) < 4.78 is 9.98. The number of hydrogen-bond donors (Lipinski definition) is 1. The topological polar surface area (TPSA) is 61.0 Å². The zero-order chi connectivity index (χ0) is 9.68. The van der Waals surface area contributed by atoms with Gasteiger partial charge in [-0.15, -0.1) is 0 Å². The molecule has 1 unspecified atom stereocenters. The largest absolute Gasteiger partial charge is 0.383 e. The van der Waals surface area contributed by atoms with E-state index in [1.807, 2.05) is 6.92 Å². The summed E-state index contributed by atoms with van der Waals surface area (Å²) in [7, 11) is 1.65. The van der Waals surface area contributed by atoms with Crippen molar-refractivity contribution in [3.63, 3.8) is 0 Å². The molecule has 0 aliphatic carbocycles. The first-order valence-corrected chi connectivity index (χ1v) is 5.66. The van der Waals surface area contributed by atoms with Crippen molar-refractivity contribution in [3.05, 3.63) is 5.82 Å². The maximum atomic E-state index is 5.75.